The molecule has 1 unspecified atom stereocenters. The number of fused-ring (bicyclic) bond motifs is 1. The molecular formula is C25H22N2O2S. The van der Waals surface area contributed by atoms with Crippen molar-refractivity contribution in [3.05, 3.63) is 102 Å². The number of Topliss-reactive ketones (excluding diaryl/α,β-unsaturated/α-hetero) is 1. The maximum atomic E-state index is 13.5. The van der Waals surface area contributed by atoms with Crippen LogP contribution in [0.25, 0.3) is 6.08 Å². The van der Waals surface area contributed by atoms with Crippen molar-refractivity contribution in [2.45, 2.75) is 38.6 Å². The van der Waals surface area contributed by atoms with Gasteiger partial charge in [-0.2, -0.15) is 0 Å². The van der Waals surface area contributed by atoms with E-state index in [0.717, 1.165) is 36.1 Å². The Hall–Kier alpha value is -3.05. The third-order valence-corrected chi connectivity index (χ3v) is 6.81. The first-order valence-electron chi connectivity index (χ1n) is 10.4. The van der Waals surface area contributed by atoms with Crippen molar-refractivity contribution in [2.75, 3.05) is 0 Å². The highest BCUT2D eigenvalue weighted by molar-refractivity contribution is 7.07. The van der Waals surface area contributed by atoms with Crippen molar-refractivity contribution in [3.63, 3.8) is 0 Å². The molecule has 0 saturated carbocycles. The molecule has 1 aliphatic heterocycles. The summed E-state index contributed by atoms with van der Waals surface area (Å²) in [4.78, 5) is 31.8. The monoisotopic (exact) mass is 414 g/mol. The fourth-order valence-electron chi connectivity index (χ4n) is 4.26. The first kappa shape index (κ1) is 18.9. The van der Waals surface area contributed by atoms with Gasteiger partial charge in [0.25, 0.3) is 5.56 Å². The zero-order valence-electron chi connectivity index (χ0n) is 16.8. The molecule has 0 saturated heterocycles. The van der Waals surface area contributed by atoms with Crippen LogP contribution in [0, 0.1) is 0 Å². The minimum Gasteiger partial charge on any atom is -0.294 e. The van der Waals surface area contributed by atoms with Crippen molar-refractivity contribution in [1.29, 1.82) is 0 Å². The van der Waals surface area contributed by atoms with E-state index in [0.29, 0.717) is 21.3 Å². The van der Waals surface area contributed by atoms with Gasteiger partial charge in [-0.05, 0) is 42.0 Å². The van der Waals surface area contributed by atoms with Crippen molar-refractivity contribution < 1.29 is 4.79 Å². The lowest BCUT2D eigenvalue weighted by molar-refractivity contribution is -0.116. The van der Waals surface area contributed by atoms with Crippen LogP contribution in [0.4, 0.5) is 0 Å². The third kappa shape index (κ3) is 3.19. The Morgan fingerprint density at radius 2 is 1.83 bits per heavy atom. The molecule has 0 amide bonds. The van der Waals surface area contributed by atoms with E-state index in [2.05, 4.69) is 19.1 Å². The molecule has 0 N–H and O–H groups in total. The van der Waals surface area contributed by atoms with E-state index in [1.165, 1.54) is 16.9 Å². The van der Waals surface area contributed by atoms with E-state index in [4.69, 9.17) is 4.99 Å². The summed E-state index contributed by atoms with van der Waals surface area (Å²) in [5.74, 6) is 0.110. The molecule has 30 heavy (non-hydrogen) atoms. The predicted octanol–water partition coefficient (Wildman–Crippen LogP) is 3.53. The summed E-state index contributed by atoms with van der Waals surface area (Å²) in [6.45, 7) is 2.12. The molecule has 2 aromatic carbocycles. The van der Waals surface area contributed by atoms with Crippen LogP contribution in [0.15, 0.2) is 75.7 Å². The van der Waals surface area contributed by atoms with Crippen LogP contribution < -0.4 is 14.9 Å². The zero-order valence-corrected chi connectivity index (χ0v) is 17.6. The molecule has 0 spiro atoms. The Labute approximate surface area is 178 Å². The van der Waals surface area contributed by atoms with E-state index in [1.807, 2.05) is 48.5 Å². The Kier molecular flexibility index (Phi) is 4.83. The third-order valence-electron chi connectivity index (χ3n) is 5.83. The van der Waals surface area contributed by atoms with E-state index in [9.17, 15) is 9.59 Å². The van der Waals surface area contributed by atoms with Crippen LogP contribution in [0.1, 0.15) is 48.9 Å². The van der Waals surface area contributed by atoms with E-state index >= 15 is 0 Å². The van der Waals surface area contributed by atoms with Gasteiger partial charge in [-0.3, -0.25) is 14.2 Å². The molecule has 5 heteroatoms. The summed E-state index contributed by atoms with van der Waals surface area (Å²) in [6, 6.07) is 17.7. The second-order valence-electron chi connectivity index (χ2n) is 7.73. The smallest absolute Gasteiger partial charge is 0.271 e. The first-order chi connectivity index (χ1) is 14.7. The Balaban J connectivity index is 1.72. The Morgan fingerprint density at radius 3 is 2.57 bits per heavy atom. The first-order valence-corrected chi connectivity index (χ1v) is 11.2. The van der Waals surface area contributed by atoms with E-state index in [1.54, 1.807) is 4.57 Å². The summed E-state index contributed by atoms with van der Waals surface area (Å²) in [6.07, 6.45) is 5.04. The number of benzene rings is 2. The Morgan fingerprint density at radius 1 is 1.07 bits per heavy atom. The quantitative estimate of drug-likeness (QED) is 0.658. The molecule has 0 fully saturated rings. The lowest BCUT2D eigenvalue weighted by atomic mass is 9.86. The molecule has 4 nitrogen and oxygen atoms in total. The summed E-state index contributed by atoms with van der Waals surface area (Å²) < 4.78 is 2.36. The molecule has 150 valence electrons. The van der Waals surface area contributed by atoms with Gasteiger partial charge in [-0.25, -0.2) is 4.99 Å². The zero-order chi connectivity index (χ0) is 20.7. The molecule has 2 heterocycles. The maximum absolute atomic E-state index is 13.5. The topological polar surface area (TPSA) is 51.4 Å². The van der Waals surface area contributed by atoms with E-state index in [-0.39, 0.29) is 11.3 Å². The maximum Gasteiger partial charge on any atom is 0.271 e. The highest BCUT2D eigenvalue weighted by Gasteiger charge is 2.34. The van der Waals surface area contributed by atoms with Gasteiger partial charge >= 0.3 is 0 Å². The van der Waals surface area contributed by atoms with Crippen LogP contribution >= 0.6 is 11.3 Å². The minimum absolute atomic E-state index is 0.0860. The number of allylic oxidation sites excluding steroid dienone is 2. The standard InChI is InChI=1S/C25H22N2O2S/c1-2-16-11-13-17(14-12-16)15-21-24(29)27-23(18-7-4-3-5-8-18)22-19(26-25(27)30-21)9-6-10-20(22)28/h3-5,7-8,11-15,23H,2,6,9-10H2,1H3. The van der Waals surface area contributed by atoms with Crippen LogP contribution in [0.3, 0.4) is 0 Å². The van der Waals surface area contributed by atoms with E-state index < -0.39 is 6.04 Å². The van der Waals surface area contributed by atoms with Gasteiger partial charge in [0.05, 0.1) is 16.3 Å². The summed E-state index contributed by atoms with van der Waals surface area (Å²) in [5.41, 5.74) is 4.67. The van der Waals surface area contributed by atoms with Crippen molar-refractivity contribution in [2.24, 2.45) is 4.99 Å². The molecule has 3 aromatic rings. The lowest BCUT2D eigenvalue weighted by Crippen LogP contribution is -2.40. The number of carbonyl (C=O) groups excluding carboxylic acids is 1. The fraction of sp³-hybridized carbons (Fsp3) is 0.240. The highest BCUT2D eigenvalue weighted by atomic mass is 32.1. The molecular weight excluding hydrogens is 392 g/mol. The number of hydrogen-bond acceptors (Lipinski definition) is 4. The molecule has 0 radical (unpaired) electrons. The molecule has 1 aromatic heterocycles. The average Bonchev–Trinajstić information content (AvgIpc) is 3.08. The number of nitrogens with zero attached hydrogens (tertiary/aromatic N) is 2. The SMILES string of the molecule is CCc1ccc(C=c2sc3n(c2=O)C(c2ccccc2)C2=C(CCCC2=O)N=3)cc1. The van der Waals surface area contributed by atoms with Crippen molar-refractivity contribution in [1.82, 2.24) is 4.57 Å². The van der Waals surface area contributed by atoms with Gasteiger partial charge < -0.3 is 0 Å². The second kappa shape index (κ2) is 7.65. The number of ketones is 1. The number of rotatable bonds is 3. The average molecular weight is 415 g/mol. The minimum atomic E-state index is -0.394. The van der Waals surface area contributed by atoms with Crippen LogP contribution in [-0.4, -0.2) is 10.4 Å². The van der Waals surface area contributed by atoms with Crippen LogP contribution in [0.2, 0.25) is 0 Å². The fourth-order valence-corrected chi connectivity index (χ4v) is 5.28. The highest BCUT2D eigenvalue weighted by Crippen LogP contribution is 2.35. The number of hydrogen-bond donors (Lipinski definition) is 0. The van der Waals surface area contributed by atoms with Gasteiger partial charge in [0, 0.05) is 12.0 Å². The van der Waals surface area contributed by atoms with Gasteiger partial charge in [-0.1, -0.05) is 72.9 Å². The van der Waals surface area contributed by atoms with Gasteiger partial charge in [-0.15, -0.1) is 0 Å². The van der Waals surface area contributed by atoms with Crippen molar-refractivity contribution in [3.8, 4) is 0 Å². The second-order valence-corrected chi connectivity index (χ2v) is 8.73. The lowest BCUT2D eigenvalue weighted by Gasteiger charge is -2.28. The van der Waals surface area contributed by atoms with Crippen molar-refractivity contribution >= 4 is 23.2 Å². The molecule has 1 aliphatic carbocycles. The normalized spacial score (nSPS) is 18.8. The molecule has 1 atom stereocenters. The molecule has 5 rings (SSSR count). The van der Waals surface area contributed by atoms with Crippen LogP contribution in [0.5, 0.6) is 0 Å². The summed E-state index contributed by atoms with van der Waals surface area (Å²) >= 11 is 1.40. The number of aryl methyl sites for hydroxylation is 1. The molecule has 0 bridgehead atoms. The number of thiazole rings is 1. The van der Waals surface area contributed by atoms with Gasteiger partial charge in [0.2, 0.25) is 0 Å². The molecule has 2 aliphatic rings. The number of aromatic nitrogens is 1. The van der Waals surface area contributed by atoms with Crippen LogP contribution in [-0.2, 0) is 11.2 Å². The number of carbonyl (C=O) groups is 1. The van der Waals surface area contributed by atoms with Gasteiger partial charge in [0.1, 0.15) is 0 Å². The summed E-state index contributed by atoms with van der Waals surface area (Å²) in [5, 5.41) is 0. The predicted molar refractivity (Wildman–Crippen MR) is 119 cm³/mol. The Bertz CT molecular complexity index is 1330. The van der Waals surface area contributed by atoms with Gasteiger partial charge in [0.15, 0.2) is 10.6 Å². The largest absolute Gasteiger partial charge is 0.294 e. The summed E-state index contributed by atoms with van der Waals surface area (Å²) in [7, 11) is 0.